The van der Waals surface area contributed by atoms with Crippen molar-refractivity contribution < 1.29 is 14.6 Å². The number of aliphatic hydroxyl groups excluding tert-OH is 1. The summed E-state index contributed by atoms with van der Waals surface area (Å²) in [6.07, 6.45) is 0.681. The van der Waals surface area contributed by atoms with E-state index in [1.54, 1.807) is 18.4 Å². The van der Waals surface area contributed by atoms with Crippen molar-refractivity contribution in [1.82, 2.24) is 4.90 Å². The van der Waals surface area contributed by atoms with Crippen molar-refractivity contribution >= 4 is 11.3 Å². The maximum Gasteiger partial charge on any atom is 0.0900 e. The lowest BCUT2D eigenvalue weighted by Crippen LogP contribution is -2.36. The van der Waals surface area contributed by atoms with Crippen molar-refractivity contribution in [3.63, 3.8) is 0 Å². The minimum absolute atomic E-state index is 0.156. The van der Waals surface area contributed by atoms with Crippen LogP contribution in [0, 0.1) is 0 Å². The number of nitrogens with zero attached hydrogens (tertiary/aromatic N) is 1. The van der Waals surface area contributed by atoms with Crippen molar-refractivity contribution in [2.24, 2.45) is 0 Å². The lowest BCUT2D eigenvalue weighted by Gasteiger charge is -2.25. The van der Waals surface area contributed by atoms with Gasteiger partial charge >= 0.3 is 0 Å². The van der Waals surface area contributed by atoms with Crippen LogP contribution in [0.2, 0.25) is 0 Å². The molecule has 1 aromatic rings. The second-order valence-corrected chi connectivity index (χ2v) is 6.03. The van der Waals surface area contributed by atoms with E-state index in [1.165, 1.54) is 5.56 Å². The summed E-state index contributed by atoms with van der Waals surface area (Å²) in [5.41, 5.74) is 1.30. The molecule has 5 heteroatoms. The summed E-state index contributed by atoms with van der Waals surface area (Å²) in [5, 5.41) is 14.3. The Kier molecular flexibility index (Phi) is 9.05. The van der Waals surface area contributed by atoms with Gasteiger partial charge < -0.3 is 14.6 Å². The van der Waals surface area contributed by atoms with E-state index in [4.69, 9.17) is 9.47 Å². The minimum atomic E-state index is -0.446. The van der Waals surface area contributed by atoms with E-state index in [0.29, 0.717) is 13.2 Å². The van der Waals surface area contributed by atoms with Crippen LogP contribution < -0.4 is 0 Å². The average Bonchev–Trinajstić information content (AvgIpc) is 2.89. The molecule has 1 aromatic heterocycles. The lowest BCUT2D eigenvalue weighted by molar-refractivity contribution is -0.0103. The molecule has 0 aliphatic carbocycles. The third-order valence-electron chi connectivity index (χ3n) is 2.90. The highest BCUT2D eigenvalue weighted by Crippen LogP contribution is 2.10. The third-order valence-corrected chi connectivity index (χ3v) is 3.63. The van der Waals surface area contributed by atoms with Gasteiger partial charge in [-0.25, -0.2) is 0 Å². The number of hydrogen-bond acceptors (Lipinski definition) is 5. The zero-order valence-corrected chi connectivity index (χ0v) is 13.6. The van der Waals surface area contributed by atoms with Crippen molar-refractivity contribution in [2.75, 3.05) is 33.4 Å². The Morgan fingerprint density at radius 3 is 2.80 bits per heavy atom. The first-order valence-corrected chi connectivity index (χ1v) is 8.08. The number of methoxy groups -OCH3 is 1. The largest absolute Gasteiger partial charge is 0.389 e. The molecule has 0 aliphatic heterocycles. The molecule has 1 rings (SSSR count). The number of hydrogen-bond donors (Lipinski definition) is 1. The molecule has 1 heterocycles. The van der Waals surface area contributed by atoms with Crippen molar-refractivity contribution in [2.45, 2.75) is 39.0 Å². The number of thiophene rings is 1. The molecular formula is C15H27NO3S. The highest BCUT2D eigenvalue weighted by atomic mass is 32.1. The van der Waals surface area contributed by atoms with Gasteiger partial charge in [0.25, 0.3) is 0 Å². The number of rotatable bonds is 11. The van der Waals surface area contributed by atoms with E-state index in [2.05, 4.69) is 21.7 Å². The Bertz CT molecular complexity index is 330. The Hall–Kier alpha value is -0.460. The molecule has 1 unspecified atom stereocenters. The maximum atomic E-state index is 10.1. The fourth-order valence-corrected chi connectivity index (χ4v) is 2.62. The molecule has 116 valence electrons. The van der Waals surface area contributed by atoms with E-state index in [0.717, 1.165) is 26.1 Å². The van der Waals surface area contributed by atoms with Crippen LogP contribution in [0.25, 0.3) is 0 Å². The normalized spacial score (nSPS) is 13.3. The fraction of sp³-hybridized carbons (Fsp3) is 0.733. The molecule has 0 aliphatic rings. The number of aliphatic hydroxyl groups is 1. The summed E-state index contributed by atoms with van der Waals surface area (Å²) in [5.74, 6) is 0. The maximum absolute atomic E-state index is 10.1. The molecule has 0 radical (unpaired) electrons. The van der Waals surface area contributed by atoms with E-state index < -0.39 is 6.10 Å². The molecule has 0 fully saturated rings. The molecule has 0 saturated carbocycles. The first kappa shape index (κ1) is 17.6. The molecule has 20 heavy (non-hydrogen) atoms. The molecule has 0 bridgehead atoms. The number of ether oxygens (including phenoxy) is 2. The highest BCUT2D eigenvalue weighted by molar-refractivity contribution is 7.07. The summed E-state index contributed by atoms with van der Waals surface area (Å²) in [6, 6.07) is 2.13. The van der Waals surface area contributed by atoms with Crippen LogP contribution in [0.4, 0.5) is 0 Å². The van der Waals surface area contributed by atoms with Crippen LogP contribution in [0.15, 0.2) is 16.8 Å². The van der Waals surface area contributed by atoms with E-state index in [1.807, 2.05) is 13.8 Å². The van der Waals surface area contributed by atoms with Gasteiger partial charge in [0, 0.05) is 33.4 Å². The second kappa shape index (κ2) is 10.3. The van der Waals surface area contributed by atoms with Gasteiger partial charge in [-0.05, 0) is 42.7 Å². The second-order valence-electron chi connectivity index (χ2n) is 5.25. The van der Waals surface area contributed by atoms with Gasteiger partial charge in [-0.3, -0.25) is 4.90 Å². The van der Waals surface area contributed by atoms with Crippen LogP contribution in [0.1, 0.15) is 25.8 Å². The van der Waals surface area contributed by atoms with Gasteiger partial charge in [0.2, 0.25) is 0 Å². The Labute approximate surface area is 126 Å². The quantitative estimate of drug-likeness (QED) is 0.637. The Morgan fingerprint density at radius 1 is 1.40 bits per heavy atom. The highest BCUT2D eigenvalue weighted by Gasteiger charge is 2.13. The van der Waals surface area contributed by atoms with Gasteiger partial charge in [-0.2, -0.15) is 11.3 Å². The lowest BCUT2D eigenvalue weighted by atomic mass is 10.2. The summed E-state index contributed by atoms with van der Waals surface area (Å²) < 4.78 is 10.6. The molecular weight excluding hydrogens is 274 g/mol. The summed E-state index contributed by atoms with van der Waals surface area (Å²) in [4.78, 5) is 2.26. The Balaban J connectivity index is 2.40. The van der Waals surface area contributed by atoms with Gasteiger partial charge in [-0.15, -0.1) is 0 Å². The van der Waals surface area contributed by atoms with Gasteiger partial charge in [0.1, 0.15) is 0 Å². The predicted octanol–water partition coefficient (Wildman–Crippen LogP) is 2.37. The average molecular weight is 301 g/mol. The minimum Gasteiger partial charge on any atom is -0.389 e. The zero-order valence-electron chi connectivity index (χ0n) is 12.7. The van der Waals surface area contributed by atoms with E-state index in [-0.39, 0.29) is 6.10 Å². The van der Waals surface area contributed by atoms with Crippen molar-refractivity contribution in [3.05, 3.63) is 22.4 Å². The molecule has 0 spiro atoms. The monoisotopic (exact) mass is 301 g/mol. The van der Waals surface area contributed by atoms with Crippen LogP contribution >= 0.6 is 11.3 Å². The summed E-state index contributed by atoms with van der Waals surface area (Å²) in [7, 11) is 1.72. The SMILES string of the molecule is COCCCN(Cc1ccsc1)CC(O)COC(C)C. The standard InChI is InChI=1S/C15H27NO3S/c1-13(2)19-11-15(17)10-16(6-4-7-18-3)9-14-5-8-20-12-14/h5,8,12-13,15,17H,4,6-7,9-11H2,1-3H3. The van der Waals surface area contributed by atoms with Gasteiger partial charge in [0.05, 0.1) is 18.8 Å². The van der Waals surface area contributed by atoms with E-state index >= 15 is 0 Å². The molecule has 1 N–H and O–H groups in total. The molecule has 0 amide bonds. The smallest absolute Gasteiger partial charge is 0.0900 e. The molecule has 0 aromatic carbocycles. The van der Waals surface area contributed by atoms with Crippen molar-refractivity contribution in [3.8, 4) is 0 Å². The summed E-state index contributed by atoms with van der Waals surface area (Å²) in [6.45, 7) is 7.52. The van der Waals surface area contributed by atoms with Crippen LogP contribution in [0.5, 0.6) is 0 Å². The summed E-state index contributed by atoms with van der Waals surface area (Å²) >= 11 is 1.70. The van der Waals surface area contributed by atoms with Gasteiger partial charge in [-0.1, -0.05) is 0 Å². The van der Waals surface area contributed by atoms with Crippen LogP contribution in [0.3, 0.4) is 0 Å². The van der Waals surface area contributed by atoms with E-state index in [9.17, 15) is 5.11 Å². The predicted molar refractivity (Wildman–Crippen MR) is 83.2 cm³/mol. The Morgan fingerprint density at radius 2 is 2.20 bits per heavy atom. The molecule has 0 saturated heterocycles. The molecule has 1 atom stereocenters. The van der Waals surface area contributed by atoms with Crippen molar-refractivity contribution in [1.29, 1.82) is 0 Å². The molecule has 4 nitrogen and oxygen atoms in total. The topological polar surface area (TPSA) is 41.9 Å². The van der Waals surface area contributed by atoms with Gasteiger partial charge in [0.15, 0.2) is 0 Å². The fourth-order valence-electron chi connectivity index (χ4n) is 1.96. The van der Waals surface area contributed by atoms with Crippen LogP contribution in [-0.2, 0) is 16.0 Å². The first-order chi connectivity index (χ1) is 9.61. The zero-order chi connectivity index (χ0) is 14.8. The first-order valence-electron chi connectivity index (χ1n) is 7.14. The third kappa shape index (κ3) is 7.97. The van der Waals surface area contributed by atoms with Crippen LogP contribution in [-0.4, -0.2) is 55.6 Å².